The molecule has 3 nitrogen and oxygen atoms in total. The van der Waals surface area contributed by atoms with Gasteiger partial charge in [-0.3, -0.25) is 4.79 Å². The zero-order valence-electron chi connectivity index (χ0n) is 18.4. The molecule has 2 rings (SSSR count). The van der Waals surface area contributed by atoms with Gasteiger partial charge in [0.05, 0.1) is 12.2 Å². The first kappa shape index (κ1) is 23.9. The molecule has 2 aromatic rings. The lowest BCUT2D eigenvalue weighted by molar-refractivity contribution is 0.0497. The maximum atomic E-state index is 12.4. The van der Waals surface area contributed by atoms with Crippen LogP contribution in [-0.2, 0) is 4.74 Å². The van der Waals surface area contributed by atoms with Crippen LogP contribution in [0.1, 0.15) is 104 Å². The summed E-state index contributed by atoms with van der Waals surface area (Å²) in [6, 6.07) is 15.9. The van der Waals surface area contributed by atoms with Gasteiger partial charge in [-0.2, -0.15) is 0 Å². The number of hydrogen-bond donors (Lipinski definition) is 0. The minimum atomic E-state index is -0.319. The monoisotopic (exact) mass is 408 g/mol. The summed E-state index contributed by atoms with van der Waals surface area (Å²) in [4.78, 5) is 24.6. The van der Waals surface area contributed by atoms with Crippen LogP contribution in [0.2, 0.25) is 0 Å². The van der Waals surface area contributed by atoms with Crippen LogP contribution in [0.15, 0.2) is 54.6 Å². The number of ether oxygens (including phenoxy) is 1. The summed E-state index contributed by atoms with van der Waals surface area (Å²) in [5, 5.41) is 0. The Hall–Kier alpha value is -2.42. The Labute approximate surface area is 181 Å². The Morgan fingerprint density at radius 3 is 1.63 bits per heavy atom. The fourth-order valence-electron chi connectivity index (χ4n) is 3.53. The van der Waals surface area contributed by atoms with Crippen molar-refractivity contribution < 1.29 is 14.3 Å². The average Bonchev–Trinajstić information content (AvgIpc) is 2.80. The third-order valence-electron chi connectivity index (χ3n) is 5.40. The van der Waals surface area contributed by atoms with Gasteiger partial charge in [0.25, 0.3) is 0 Å². The second-order valence-corrected chi connectivity index (χ2v) is 7.94. The highest BCUT2D eigenvalue weighted by Gasteiger charge is 2.11. The zero-order valence-corrected chi connectivity index (χ0v) is 18.4. The van der Waals surface area contributed by atoms with Gasteiger partial charge in [0, 0.05) is 11.1 Å². The third-order valence-corrected chi connectivity index (χ3v) is 5.40. The summed E-state index contributed by atoms with van der Waals surface area (Å²) in [6.07, 6.45) is 14.0. The van der Waals surface area contributed by atoms with Crippen molar-refractivity contribution >= 4 is 11.8 Å². The van der Waals surface area contributed by atoms with Gasteiger partial charge >= 0.3 is 5.97 Å². The highest BCUT2D eigenvalue weighted by atomic mass is 16.5. The fraction of sp³-hybridized carbons (Fsp3) is 0.481. The van der Waals surface area contributed by atoms with Gasteiger partial charge < -0.3 is 4.74 Å². The molecule has 162 valence electrons. The topological polar surface area (TPSA) is 43.4 Å². The van der Waals surface area contributed by atoms with E-state index in [1.807, 2.05) is 18.2 Å². The molecule has 30 heavy (non-hydrogen) atoms. The average molecular weight is 409 g/mol. The van der Waals surface area contributed by atoms with E-state index in [-0.39, 0.29) is 11.8 Å². The first-order valence-corrected chi connectivity index (χ1v) is 11.6. The quantitative estimate of drug-likeness (QED) is 0.175. The molecule has 0 saturated carbocycles. The summed E-state index contributed by atoms with van der Waals surface area (Å²) in [6.45, 7) is 2.71. The lowest BCUT2D eigenvalue weighted by atomic mass is 10.0. The number of benzene rings is 2. The van der Waals surface area contributed by atoms with E-state index in [2.05, 4.69) is 6.92 Å². The Morgan fingerprint density at radius 1 is 0.600 bits per heavy atom. The SMILES string of the molecule is CCCCCCCCCCCCCOC(=O)c1ccc(C(=O)c2ccccc2)cc1. The van der Waals surface area contributed by atoms with Crippen molar-refractivity contribution in [3.8, 4) is 0 Å². The Bertz CT molecular complexity index is 734. The van der Waals surface area contributed by atoms with Gasteiger partial charge in [0.1, 0.15) is 0 Å². The zero-order chi connectivity index (χ0) is 21.4. The summed E-state index contributed by atoms with van der Waals surface area (Å²) >= 11 is 0. The van der Waals surface area contributed by atoms with Crippen LogP contribution in [0.4, 0.5) is 0 Å². The summed E-state index contributed by atoms with van der Waals surface area (Å²) in [7, 11) is 0. The smallest absolute Gasteiger partial charge is 0.338 e. The molecule has 0 aliphatic carbocycles. The lowest BCUT2D eigenvalue weighted by Gasteiger charge is -2.06. The normalized spacial score (nSPS) is 10.7. The van der Waals surface area contributed by atoms with E-state index in [9.17, 15) is 9.59 Å². The first-order valence-electron chi connectivity index (χ1n) is 11.6. The molecule has 0 atom stereocenters. The number of carbonyl (C=O) groups is 2. The van der Waals surface area contributed by atoms with Crippen molar-refractivity contribution in [3.63, 3.8) is 0 Å². The molecule has 0 amide bonds. The van der Waals surface area contributed by atoms with Crippen molar-refractivity contribution in [1.29, 1.82) is 0 Å². The maximum absolute atomic E-state index is 12.4. The predicted molar refractivity (Wildman–Crippen MR) is 123 cm³/mol. The van der Waals surface area contributed by atoms with E-state index in [1.54, 1.807) is 36.4 Å². The minimum absolute atomic E-state index is 0.0449. The molecule has 0 unspecified atom stereocenters. The summed E-state index contributed by atoms with van der Waals surface area (Å²) < 4.78 is 5.37. The lowest BCUT2D eigenvalue weighted by Crippen LogP contribution is -2.07. The highest BCUT2D eigenvalue weighted by Crippen LogP contribution is 2.13. The van der Waals surface area contributed by atoms with Gasteiger partial charge in [-0.1, -0.05) is 114 Å². The first-order chi connectivity index (χ1) is 14.7. The largest absolute Gasteiger partial charge is 0.462 e. The van der Waals surface area contributed by atoms with Crippen LogP contribution in [0.25, 0.3) is 0 Å². The highest BCUT2D eigenvalue weighted by molar-refractivity contribution is 6.09. The van der Waals surface area contributed by atoms with Gasteiger partial charge in [0.2, 0.25) is 0 Å². The minimum Gasteiger partial charge on any atom is -0.462 e. The van der Waals surface area contributed by atoms with Crippen LogP contribution in [0.3, 0.4) is 0 Å². The third kappa shape index (κ3) is 8.94. The maximum Gasteiger partial charge on any atom is 0.338 e. The van der Waals surface area contributed by atoms with E-state index >= 15 is 0 Å². The molecular weight excluding hydrogens is 372 g/mol. The Kier molecular flexibility index (Phi) is 11.6. The molecular formula is C27H36O3. The number of carbonyl (C=O) groups excluding carboxylic acids is 2. The molecule has 0 heterocycles. The van der Waals surface area contributed by atoms with E-state index in [0.717, 1.165) is 12.8 Å². The summed E-state index contributed by atoms with van der Waals surface area (Å²) in [5.74, 6) is -0.364. The molecule has 2 aromatic carbocycles. The van der Waals surface area contributed by atoms with Crippen molar-refractivity contribution in [2.75, 3.05) is 6.61 Å². The van der Waals surface area contributed by atoms with E-state index in [4.69, 9.17) is 4.74 Å². The molecule has 0 spiro atoms. The van der Waals surface area contributed by atoms with E-state index in [1.165, 1.54) is 57.8 Å². The molecule has 0 aromatic heterocycles. The molecule has 0 bridgehead atoms. The number of unbranched alkanes of at least 4 members (excludes halogenated alkanes) is 10. The van der Waals surface area contributed by atoms with Gasteiger partial charge in [0.15, 0.2) is 5.78 Å². The van der Waals surface area contributed by atoms with Gasteiger partial charge in [-0.15, -0.1) is 0 Å². The van der Waals surface area contributed by atoms with Crippen LogP contribution in [0.5, 0.6) is 0 Å². The van der Waals surface area contributed by atoms with Crippen LogP contribution >= 0.6 is 0 Å². The van der Waals surface area contributed by atoms with Crippen LogP contribution in [0, 0.1) is 0 Å². The van der Waals surface area contributed by atoms with Gasteiger partial charge in [-0.05, 0) is 18.6 Å². The number of ketones is 1. The predicted octanol–water partition coefficient (Wildman–Crippen LogP) is 7.39. The van der Waals surface area contributed by atoms with E-state index < -0.39 is 0 Å². The molecule has 0 aliphatic rings. The second-order valence-electron chi connectivity index (χ2n) is 7.94. The van der Waals surface area contributed by atoms with Gasteiger partial charge in [-0.25, -0.2) is 4.79 Å². The molecule has 3 heteroatoms. The standard InChI is InChI=1S/C27H36O3/c1-2-3-4-5-6-7-8-9-10-11-15-22-30-27(29)25-20-18-24(19-21-25)26(28)23-16-13-12-14-17-23/h12-14,16-21H,2-11,15,22H2,1H3. The fourth-order valence-corrected chi connectivity index (χ4v) is 3.53. The van der Waals surface area contributed by atoms with Crippen LogP contribution in [-0.4, -0.2) is 18.4 Å². The van der Waals surface area contributed by atoms with Crippen molar-refractivity contribution in [3.05, 3.63) is 71.3 Å². The summed E-state index contributed by atoms with van der Waals surface area (Å²) in [5.41, 5.74) is 1.70. The second kappa shape index (κ2) is 14.5. The molecule has 0 radical (unpaired) electrons. The van der Waals surface area contributed by atoms with Crippen molar-refractivity contribution in [1.82, 2.24) is 0 Å². The number of esters is 1. The van der Waals surface area contributed by atoms with E-state index in [0.29, 0.717) is 23.3 Å². The Morgan fingerprint density at radius 2 is 1.07 bits per heavy atom. The van der Waals surface area contributed by atoms with Crippen LogP contribution < -0.4 is 0 Å². The van der Waals surface area contributed by atoms with Crippen molar-refractivity contribution in [2.24, 2.45) is 0 Å². The molecule has 0 saturated heterocycles. The molecule has 0 aliphatic heterocycles. The molecule has 0 fully saturated rings. The van der Waals surface area contributed by atoms with Crippen molar-refractivity contribution in [2.45, 2.75) is 77.6 Å². The molecule has 0 N–H and O–H groups in total. The number of hydrogen-bond acceptors (Lipinski definition) is 3. The number of rotatable bonds is 15. The Balaban J connectivity index is 1.57.